The zero-order valence-corrected chi connectivity index (χ0v) is 28.3. The molecule has 2 saturated heterocycles. The molecule has 0 saturated carbocycles. The lowest BCUT2D eigenvalue weighted by atomic mass is 9.84. The van der Waals surface area contributed by atoms with Gasteiger partial charge in [-0.3, -0.25) is 0 Å². The zero-order chi connectivity index (χ0) is 33.7. The molecule has 0 bridgehead atoms. The lowest BCUT2D eigenvalue weighted by Gasteiger charge is -2.33. The van der Waals surface area contributed by atoms with Gasteiger partial charge in [0.2, 0.25) is 5.95 Å². The molecular formula is C34H42FN7O5S. The number of ether oxygens (including phenoxy) is 1. The van der Waals surface area contributed by atoms with Crippen LogP contribution >= 0.6 is 0 Å². The van der Waals surface area contributed by atoms with E-state index in [0.717, 1.165) is 50.2 Å². The number of benzene rings is 2. The highest BCUT2D eigenvalue weighted by Crippen LogP contribution is 2.33. The second-order valence-corrected chi connectivity index (χ2v) is 14.2. The second-order valence-electron chi connectivity index (χ2n) is 12.6. The molecular weight excluding hydrogens is 637 g/mol. The summed E-state index contributed by atoms with van der Waals surface area (Å²) in [5, 5.41) is 4.01. The number of rotatable bonds is 13. The summed E-state index contributed by atoms with van der Waals surface area (Å²) in [5.74, 6) is 2.01. The molecule has 256 valence electrons. The van der Waals surface area contributed by atoms with Crippen molar-refractivity contribution in [2.45, 2.75) is 63.3 Å². The number of aryl methyl sites for hydroxylation is 2. The minimum absolute atomic E-state index is 0.0300. The van der Waals surface area contributed by atoms with Crippen LogP contribution in [0.1, 0.15) is 56.0 Å². The highest BCUT2D eigenvalue weighted by atomic mass is 32.2. The van der Waals surface area contributed by atoms with Crippen LogP contribution in [0.25, 0.3) is 0 Å². The Morgan fingerprint density at radius 1 is 1.04 bits per heavy atom. The summed E-state index contributed by atoms with van der Waals surface area (Å²) in [6.07, 6.45) is 7.06. The van der Waals surface area contributed by atoms with Crippen LogP contribution in [0.15, 0.2) is 70.3 Å². The first-order chi connectivity index (χ1) is 23.2. The van der Waals surface area contributed by atoms with Crippen LogP contribution in [0.4, 0.5) is 16.4 Å². The van der Waals surface area contributed by atoms with Crippen molar-refractivity contribution in [3.8, 4) is 5.75 Å². The van der Waals surface area contributed by atoms with E-state index in [1.54, 1.807) is 42.7 Å². The largest absolute Gasteiger partial charge is 0.490 e. The Morgan fingerprint density at radius 3 is 2.46 bits per heavy atom. The summed E-state index contributed by atoms with van der Waals surface area (Å²) in [6.45, 7) is 9.15. The van der Waals surface area contributed by atoms with E-state index < -0.39 is 22.1 Å². The van der Waals surface area contributed by atoms with Gasteiger partial charge in [-0.1, -0.05) is 54.9 Å². The molecule has 0 amide bonds. The maximum atomic E-state index is 14.9. The Labute approximate surface area is 280 Å². The molecule has 14 heteroatoms. The van der Waals surface area contributed by atoms with Gasteiger partial charge in [0.1, 0.15) is 5.82 Å². The molecule has 6 rings (SSSR count). The Kier molecular flexibility index (Phi) is 10.5. The molecule has 2 aromatic heterocycles. The van der Waals surface area contributed by atoms with Gasteiger partial charge in [0.15, 0.2) is 11.6 Å². The average Bonchev–Trinajstić information content (AvgIpc) is 3.76. The molecule has 0 radical (unpaired) electrons. The first-order valence-corrected chi connectivity index (χ1v) is 17.9. The fraction of sp³-hybridized carbons (Fsp3) is 0.471. The van der Waals surface area contributed by atoms with Gasteiger partial charge < -0.3 is 19.1 Å². The van der Waals surface area contributed by atoms with Crippen LogP contribution < -0.4 is 20.0 Å². The molecule has 2 unspecified atom stereocenters. The molecule has 48 heavy (non-hydrogen) atoms. The molecule has 4 aromatic rings. The molecule has 1 N–H and O–H groups in total. The molecule has 3 atom stereocenters. The van der Waals surface area contributed by atoms with Gasteiger partial charge in [0.05, 0.1) is 29.9 Å². The van der Waals surface area contributed by atoms with Crippen LogP contribution in [-0.2, 0) is 20.8 Å². The number of hydroxylamine groups is 1. The number of hydrogen-bond donors (Lipinski definition) is 1. The molecule has 2 aliphatic heterocycles. The quantitative estimate of drug-likeness (QED) is 0.189. The van der Waals surface area contributed by atoms with Gasteiger partial charge >= 0.3 is 16.1 Å². The molecule has 12 nitrogen and oxygen atoms in total. The van der Waals surface area contributed by atoms with E-state index in [2.05, 4.69) is 37.4 Å². The van der Waals surface area contributed by atoms with Gasteiger partial charge in [-0.2, -0.15) is 23.2 Å². The van der Waals surface area contributed by atoms with Gasteiger partial charge in [0.25, 0.3) is 0 Å². The Balaban J connectivity index is 1.02. The topological polar surface area (TPSA) is 136 Å². The third-order valence-electron chi connectivity index (χ3n) is 9.37. The molecule has 2 fully saturated rings. The molecule has 0 aliphatic carbocycles. The summed E-state index contributed by atoms with van der Waals surface area (Å²) in [6, 6.07) is 12.9. The summed E-state index contributed by atoms with van der Waals surface area (Å²) in [7, 11) is -4.09. The maximum absolute atomic E-state index is 14.9. The zero-order valence-electron chi connectivity index (χ0n) is 27.5. The summed E-state index contributed by atoms with van der Waals surface area (Å²) >= 11 is 0. The third kappa shape index (κ3) is 7.93. The van der Waals surface area contributed by atoms with Crippen molar-refractivity contribution in [2.75, 3.05) is 42.6 Å². The maximum Gasteiger partial charge on any atom is 0.324 e. The monoisotopic (exact) mass is 679 g/mol. The minimum Gasteiger partial charge on any atom is -0.490 e. The lowest BCUT2D eigenvalue weighted by molar-refractivity contribution is 0.162. The standard InChI is InChI=1S/C34H42FN7O5S/c1-4-32-38-34(46-40-32)41-16-13-25(14-17-41)24(3)15-18-45-26-19-36-33(37-20-26)42-21-29(28-7-5-6-8-30(28)35)31(22-42)39-47-48(43,44)27-11-9-23(2)10-12-27/h5-12,19-20,24-25,29,31,39H,4,13-18,21-22H2,1-3H3/t24-,29?,31?/m1/s1. The number of nitrogens with one attached hydrogen (secondary N) is 1. The van der Waals surface area contributed by atoms with Crippen molar-refractivity contribution in [1.82, 2.24) is 25.6 Å². The predicted molar refractivity (Wildman–Crippen MR) is 178 cm³/mol. The lowest BCUT2D eigenvalue weighted by Crippen LogP contribution is -2.37. The first-order valence-electron chi connectivity index (χ1n) is 16.5. The molecule has 2 aliphatic rings. The van der Waals surface area contributed by atoms with Crippen LogP contribution in [0.2, 0.25) is 0 Å². The van der Waals surface area contributed by atoms with E-state index in [0.29, 0.717) is 54.8 Å². The fourth-order valence-electron chi connectivity index (χ4n) is 6.38. The van der Waals surface area contributed by atoms with E-state index in [1.165, 1.54) is 18.2 Å². The van der Waals surface area contributed by atoms with E-state index in [1.807, 2.05) is 18.7 Å². The molecule has 4 heterocycles. The predicted octanol–water partition coefficient (Wildman–Crippen LogP) is 5.07. The number of halogens is 1. The van der Waals surface area contributed by atoms with Crippen LogP contribution in [0.3, 0.4) is 0 Å². The number of hydrogen-bond acceptors (Lipinski definition) is 12. The SMILES string of the molecule is CCc1noc(N2CCC([C@H](C)CCOc3cnc(N4CC(NOS(=O)(=O)c5ccc(C)cc5)C(c5ccccc5F)C4)nc3)CC2)n1. The first kappa shape index (κ1) is 33.7. The number of piperidine rings is 1. The van der Waals surface area contributed by atoms with Crippen molar-refractivity contribution in [3.63, 3.8) is 0 Å². The van der Waals surface area contributed by atoms with E-state index in [4.69, 9.17) is 13.5 Å². The van der Waals surface area contributed by atoms with Gasteiger partial charge in [-0.05, 0) is 61.8 Å². The number of anilines is 2. The minimum atomic E-state index is -4.09. The highest BCUT2D eigenvalue weighted by molar-refractivity contribution is 7.86. The Morgan fingerprint density at radius 2 is 1.77 bits per heavy atom. The number of aromatic nitrogens is 4. The normalized spacial score (nSPS) is 19.5. The second kappa shape index (κ2) is 15.0. The van der Waals surface area contributed by atoms with Crippen molar-refractivity contribution in [2.24, 2.45) is 11.8 Å². The van der Waals surface area contributed by atoms with Crippen molar-refractivity contribution in [1.29, 1.82) is 0 Å². The van der Waals surface area contributed by atoms with E-state index in [9.17, 15) is 12.8 Å². The summed E-state index contributed by atoms with van der Waals surface area (Å²) < 4.78 is 57.3. The Hall–Kier alpha value is -4.14. The highest BCUT2D eigenvalue weighted by Gasteiger charge is 2.38. The van der Waals surface area contributed by atoms with Crippen molar-refractivity contribution < 1.29 is 26.4 Å². The van der Waals surface area contributed by atoms with Crippen molar-refractivity contribution in [3.05, 3.63) is 83.7 Å². The van der Waals surface area contributed by atoms with Gasteiger partial charge in [0, 0.05) is 38.5 Å². The van der Waals surface area contributed by atoms with Crippen molar-refractivity contribution >= 4 is 22.1 Å². The van der Waals surface area contributed by atoms with Gasteiger partial charge in [-0.25, -0.2) is 14.4 Å². The molecule has 0 spiro atoms. The Bertz CT molecular complexity index is 1750. The number of nitrogens with zero attached hydrogens (tertiary/aromatic N) is 6. The summed E-state index contributed by atoms with van der Waals surface area (Å²) in [5.41, 5.74) is 4.09. The van der Waals surface area contributed by atoms with Gasteiger partial charge in [-0.15, -0.1) is 0 Å². The van der Waals surface area contributed by atoms with Crippen LogP contribution in [-0.4, -0.2) is 67.4 Å². The van der Waals surface area contributed by atoms with Crippen LogP contribution in [0.5, 0.6) is 5.75 Å². The van der Waals surface area contributed by atoms with E-state index in [-0.39, 0.29) is 10.7 Å². The average molecular weight is 680 g/mol. The smallest absolute Gasteiger partial charge is 0.324 e. The molecule has 2 aromatic carbocycles. The fourth-order valence-corrected chi connectivity index (χ4v) is 7.19. The van der Waals surface area contributed by atoms with Crippen LogP contribution in [0, 0.1) is 24.6 Å². The third-order valence-corrected chi connectivity index (χ3v) is 10.5. The summed E-state index contributed by atoms with van der Waals surface area (Å²) in [4.78, 5) is 17.6. The van der Waals surface area contributed by atoms with E-state index >= 15 is 0 Å².